The summed E-state index contributed by atoms with van der Waals surface area (Å²) in [4.78, 5) is 13.1. The zero-order valence-corrected chi connectivity index (χ0v) is 19.0. The Morgan fingerprint density at radius 1 is 1.13 bits per heavy atom. The highest BCUT2D eigenvalue weighted by Crippen LogP contribution is 2.29. The van der Waals surface area contributed by atoms with Crippen molar-refractivity contribution < 1.29 is 22.7 Å². The number of nitrogens with one attached hydrogen (secondary N) is 1. The number of nitrogens with zero attached hydrogens (tertiary/aromatic N) is 1. The van der Waals surface area contributed by atoms with Crippen molar-refractivity contribution in [3.8, 4) is 11.5 Å². The van der Waals surface area contributed by atoms with E-state index >= 15 is 0 Å². The fourth-order valence-electron chi connectivity index (χ4n) is 3.34. The summed E-state index contributed by atoms with van der Waals surface area (Å²) in [6.07, 6.45) is 3.02. The molecule has 0 aliphatic carbocycles. The standard InChI is InChI=1S/C21H28N2O5S2/c1-3-28-18-9-7-16(13-19(18)27-2)15-22-20(24)14-17-8-10-21(29-17)30(25,26)23-11-5-4-6-12-23/h7-10,13H,3-6,11-12,14-15H2,1-2H3,(H,22,24). The van der Waals surface area contributed by atoms with Gasteiger partial charge in [0.1, 0.15) is 4.21 Å². The molecule has 1 aromatic heterocycles. The van der Waals surface area contributed by atoms with Crippen molar-refractivity contribution in [2.45, 2.75) is 43.4 Å². The molecule has 0 bridgehead atoms. The van der Waals surface area contributed by atoms with E-state index < -0.39 is 10.0 Å². The fraction of sp³-hybridized carbons (Fsp3) is 0.476. The zero-order chi connectivity index (χ0) is 21.6. The highest BCUT2D eigenvalue weighted by molar-refractivity contribution is 7.91. The molecule has 0 atom stereocenters. The molecule has 7 nitrogen and oxygen atoms in total. The molecular weight excluding hydrogens is 424 g/mol. The normalized spacial score (nSPS) is 15.0. The lowest BCUT2D eigenvalue weighted by Crippen LogP contribution is -2.35. The first-order chi connectivity index (χ1) is 14.4. The summed E-state index contributed by atoms with van der Waals surface area (Å²) in [5, 5.41) is 2.87. The maximum Gasteiger partial charge on any atom is 0.252 e. The molecule has 1 aliphatic heterocycles. The topological polar surface area (TPSA) is 84.9 Å². The van der Waals surface area contributed by atoms with Crippen molar-refractivity contribution in [3.05, 3.63) is 40.8 Å². The van der Waals surface area contributed by atoms with Crippen LogP contribution in [-0.2, 0) is 27.8 Å². The number of piperidine rings is 1. The van der Waals surface area contributed by atoms with E-state index in [0.29, 0.717) is 41.9 Å². The van der Waals surface area contributed by atoms with E-state index in [0.717, 1.165) is 29.7 Å². The molecule has 1 N–H and O–H groups in total. The number of benzene rings is 1. The Morgan fingerprint density at radius 3 is 2.60 bits per heavy atom. The summed E-state index contributed by atoms with van der Waals surface area (Å²) < 4.78 is 38.2. The summed E-state index contributed by atoms with van der Waals surface area (Å²) in [5.41, 5.74) is 0.892. The summed E-state index contributed by atoms with van der Waals surface area (Å²) in [6, 6.07) is 8.86. The van der Waals surface area contributed by atoms with Crippen LogP contribution in [0.4, 0.5) is 0 Å². The highest BCUT2D eigenvalue weighted by atomic mass is 32.2. The summed E-state index contributed by atoms with van der Waals surface area (Å²) in [7, 11) is -1.88. The molecule has 164 valence electrons. The van der Waals surface area contributed by atoms with Crippen LogP contribution in [-0.4, -0.2) is 45.4 Å². The molecule has 9 heteroatoms. The van der Waals surface area contributed by atoms with Crippen molar-refractivity contribution in [1.82, 2.24) is 9.62 Å². The number of hydrogen-bond donors (Lipinski definition) is 1. The van der Waals surface area contributed by atoms with Gasteiger partial charge in [0.2, 0.25) is 5.91 Å². The highest BCUT2D eigenvalue weighted by Gasteiger charge is 2.27. The molecule has 0 spiro atoms. The number of sulfonamides is 1. The number of ether oxygens (including phenoxy) is 2. The number of hydrogen-bond acceptors (Lipinski definition) is 6. The van der Waals surface area contributed by atoms with Crippen molar-refractivity contribution >= 4 is 27.3 Å². The summed E-state index contributed by atoms with van der Waals surface area (Å²) in [6.45, 7) is 3.94. The van der Waals surface area contributed by atoms with E-state index in [9.17, 15) is 13.2 Å². The van der Waals surface area contributed by atoms with Crippen LogP contribution in [0.5, 0.6) is 11.5 Å². The summed E-state index contributed by atoms with van der Waals surface area (Å²) >= 11 is 1.17. The Balaban J connectivity index is 1.57. The molecular formula is C21H28N2O5S2. The molecule has 1 amide bonds. The molecule has 1 aromatic carbocycles. The van der Waals surface area contributed by atoms with Crippen molar-refractivity contribution in [2.24, 2.45) is 0 Å². The Morgan fingerprint density at radius 2 is 1.90 bits per heavy atom. The number of thiophene rings is 1. The van der Waals surface area contributed by atoms with E-state index in [1.807, 2.05) is 25.1 Å². The van der Waals surface area contributed by atoms with Gasteiger partial charge in [-0.1, -0.05) is 12.5 Å². The monoisotopic (exact) mass is 452 g/mol. The van der Waals surface area contributed by atoms with E-state index in [2.05, 4.69) is 5.32 Å². The Labute approximate surface area is 182 Å². The first kappa shape index (κ1) is 22.6. The number of amides is 1. The van der Waals surface area contributed by atoms with Gasteiger partial charge in [-0.25, -0.2) is 8.42 Å². The van der Waals surface area contributed by atoms with Crippen LogP contribution in [0.2, 0.25) is 0 Å². The van der Waals surface area contributed by atoms with Gasteiger partial charge in [0.25, 0.3) is 10.0 Å². The van der Waals surface area contributed by atoms with E-state index in [1.165, 1.54) is 11.3 Å². The minimum Gasteiger partial charge on any atom is -0.493 e. The molecule has 2 aromatic rings. The second-order valence-corrected chi connectivity index (χ2v) is 10.4. The zero-order valence-electron chi connectivity index (χ0n) is 17.3. The van der Waals surface area contributed by atoms with Gasteiger partial charge in [-0.3, -0.25) is 4.79 Å². The number of rotatable bonds is 9. The molecule has 1 saturated heterocycles. The van der Waals surface area contributed by atoms with Crippen LogP contribution in [0.25, 0.3) is 0 Å². The molecule has 0 unspecified atom stereocenters. The molecule has 3 rings (SSSR count). The predicted octanol–water partition coefficient (Wildman–Crippen LogP) is 3.19. The number of carbonyl (C=O) groups is 1. The number of carbonyl (C=O) groups excluding carboxylic acids is 1. The van der Waals surface area contributed by atoms with E-state index in [4.69, 9.17) is 9.47 Å². The second kappa shape index (κ2) is 10.3. The third-order valence-corrected chi connectivity index (χ3v) is 8.35. The largest absolute Gasteiger partial charge is 0.493 e. The van der Waals surface area contributed by atoms with Crippen LogP contribution < -0.4 is 14.8 Å². The molecule has 2 heterocycles. The van der Waals surface area contributed by atoms with Crippen LogP contribution in [0.15, 0.2) is 34.5 Å². The van der Waals surface area contributed by atoms with Crippen molar-refractivity contribution in [1.29, 1.82) is 0 Å². The van der Waals surface area contributed by atoms with Crippen LogP contribution >= 0.6 is 11.3 Å². The molecule has 30 heavy (non-hydrogen) atoms. The van der Waals surface area contributed by atoms with Crippen LogP contribution in [0.3, 0.4) is 0 Å². The Bertz CT molecular complexity index is 966. The molecule has 0 radical (unpaired) electrons. The van der Waals surface area contributed by atoms with Gasteiger partial charge in [-0.2, -0.15) is 4.31 Å². The average Bonchev–Trinajstić information content (AvgIpc) is 3.23. The minimum absolute atomic E-state index is 0.147. The van der Waals surface area contributed by atoms with Gasteiger partial charge in [0.15, 0.2) is 11.5 Å². The summed E-state index contributed by atoms with van der Waals surface area (Å²) in [5.74, 6) is 1.12. The SMILES string of the molecule is CCOc1ccc(CNC(=O)Cc2ccc(S(=O)(=O)N3CCCCC3)s2)cc1OC. The van der Waals surface area contributed by atoms with Crippen LogP contribution in [0, 0.1) is 0 Å². The lowest BCUT2D eigenvalue weighted by molar-refractivity contribution is -0.120. The van der Waals surface area contributed by atoms with Crippen molar-refractivity contribution in [3.63, 3.8) is 0 Å². The van der Waals surface area contributed by atoms with Crippen LogP contribution in [0.1, 0.15) is 36.6 Å². The maximum atomic E-state index is 12.7. The van der Waals surface area contributed by atoms with Crippen molar-refractivity contribution in [2.75, 3.05) is 26.8 Å². The number of methoxy groups -OCH3 is 1. The van der Waals surface area contributed by atoms with Gasteiger partial charge in [-0.05, 0) is 49.6 Å². The second-order valence-electron chi connectivity index (χ2n) is 7.06. The van der Waals surface area contributed by atoms with E-state index in [-0.39, 0.29) is 12.3 Å². The third-order valence-electron chi connectivity index (χ3n) is 4.90. The van der Waals surface area contributed by atoms with Gasteiger partial charge in [-0.15, -0.1) is 11.3 Å². The van der Waals surface area contributed by atoms with Gasteiger partial charge < -0.3 is 14.8 Å². The lowest BCUT2D eigenvalue weighted by atomic mass is 10.2. The average molecular weight is 453 g/mol. The quantitative estimate of drug-likeness (QED) is 0.632. The first-order valence-electron chi connectivity index (χ1n) is 10.1. The molecule has 0 saturated carbocycles. The van der Waals surface area contributed by atoms with Gasteiger partial charge >= 0.3 is 0 Å². The molecule has 1 fully saturated rings. The maximum absolute atomic E-state index is 12.7. The lowest BCUT2D eigenvalue weighted by Gasteiger charge is -2.25. The van der Waals surface area contributed by atoms with Gasteiger partial charge in [0.05, 0.1) is 20.1 Å². The predicted molar refractivity (Wildman–Crippen MR) is 117 cm³/mol. The van der Waals surface area contributed by atoms with E-state index in [1.54, 1.807) is 23.5 Å². The molecule has 1 aliphatic rings. The smallest absolute Gasteiger partial charge is 0.252 e. The fourth-order valence-corrected chi connectivity index (χ4v) is 6.37. The minimum atomic E-state index is -3.45. The Hall–Kier alpha value is -2.10. The first-order valence-corrected chi connectivity index (χ1v) is 12.3. The Kier molecular flexibility index (Phi) is 7.74. The van der Waals surface area contributed by atoms with Gasteiger partial charge in [0, 0.05) is 24.5 Å². The third kappa shape index (κ3) is 5.53.